The lowest BCUT2D eigenvalue weighted by Crippen LogP contribution is -2.12. The number of hydrogen-bond donors (Lipinski definition) is 0. The molecule has 0 aromatic heterocycles. The Labute approximate surface area is 107 Å². The summed E-state index contributed by atoms with van der Waals surface area (Å²) in [4.78, 5) is 11.6. The predicted molar refractivity (Wildman–Crippen MR) is 68.3 cm³/mol. The molecule has 0 aliphatic heterocycles. The van der Waals surface area contributed by atoms with E-state index in [4.69, 9.17) is 16.3 Å². The van der Waals surface area contributed by atoms with Crippen LogP contribution in [0, 0.1) is 0 Å². The molecule has 0 saturated carbocycles. The van der Waals surface area contributed by atoms with Crippen molar-refractivity contribution in [1.82, 2.24) is 0 Å². The van der Waals surface area contributed by atoms with Gasteiger partial charge in [0, 0.05) is 0 Å². The Morgan fingerprint density at radius 1 is 1.35 bits per heavy atom. The predicted octanol–water partition coefficient (Wildman–Crippen LogP) is 3.41. The number of alkyl halides is 1. The first-order valence-corrected chi connectivity index (χ1v) is 6.58. The number of benzene rings is 1. The van der Waals surface area contributed by atoms with Gasteiger partial charge in [0.05, 0.1) is 6.61 Å². The van der Waals surface area contributed by atoms with Crippen LogP contribution in [0.15, 0.2) is 18.2 Å². The molecule has 1 aliphatic rings. The van der Waals surface area contributed by atoms with Crippen LogP contribution in [0.2, 0.25) is 0 Å². The van der Waals surface area contributed by atoms with Gasteiger partial charge in [-0.3, -0.25) is 4.79 Å². The van der Waals surface area contributed by atoms with Crippen LogP contribution in [-0.2, 0) is 22.4 Å². The summed E-state index contributed by atoms with van der Waals surface area (Å²) in [6.07, 6.45) is 4.72. The van der Waals surface area contributed by atoms with Gasteiger partial charge in [0.2, 0.25) is 0 Å². The Balaban J connectivity index is 2.18. The second-order valence-corrected chi connectivity index (χ2v) is 4.79. The normalized spacial score (nSPS) is 16.1. The summed E-state index contributed by atoms with van der Waals surface area (Å²) < 4.78 is 4.93. The lowest BCUT2D eigenvalue weighted by Gasteiger charge is -2.17. The number of fused-ring (bicyclic) bond motifs is 1. The first kappa shape index (κ1) is 12.4. The van der Waals surface area contributed by atoms with Crippen molar-refractivity contribution in [3.63, 3.8) is 0 Å². The fourth-order valence-electron chi connectivity index (χ4n) is 2.26. The standard InChI is InChI=1S/C14H17ClO2/c1-2-17-14(16)13(15)12-8-7-10-5-3-4-6-11(10)9-12/h7-9,13H,2-6H2,1H3. The summed E-state index contributed by atoms with van der Waals surface area (Å²) in [6.45, 7) is 2.15. The molecule has 0 N–H and O–H groups in total. The third-order valence-corrected chi connectivity index (χ3v) is 3.59. The number of ether oxygens (including phenoxy) is 1. The molecule has 2 rings (SSSR count). The van der Waals surface area contributed by atoms with Crippen molar-refractivity contribution < 1.29 is 9.53 Å². The van der Waals surface area contributed by atoms with Crippen LogP contribution >= 0.6 is 11.6 Å². The first-order valence-electron chi connectivity index (χ1n) is 6.14. The maximum Gasteiger partial charge on any atom is 0.328 e. The quantitative estimate of drug-likeness (QED) is 0.609. The maximum absolute atomic E-state index is 11.6. The molecule has 0 spiro atoms. The zero-order chi connectivity index (χ0) is 12.3. The number of rotatable bonds is 3. The molecule has 0 bridgehead atoms. The van der Waals surface area contributed by atoms with Crippen molar-refractivity contribution in [1.29, 1.82) is 0 Å². The second-order valence-electron chi connectivity index (χ2n) is 4.35. The number of hydrogen-bond acceptors (Lipinski definition) is 2. The van der Waals surface area contributed by atoms with E-state index in [0.717, 1.165) is 18.4 Å². The highest BCUT2D eigenvalue weighted by atomic mass is 35.5. The number of esters is 1. The molecule has 92 valence electrons. The van der Waals surface area contributed by atoms with Gasteiger partial charge < -0.3 is 4.74 Å². The molecule has 0 amide bonds. The van der Waals surface area contributed by atoms with Crippen molar-refractivity contribution >= 4 is 17.6 Å². The number of halogens is 1. The summed E-state index contributed by atoms with van der Waals surface area (Å²) in [5.41, 5.74) is 3.59. The van der Waals surface area contributed by atoms with E-state index in [1.165, 1.54) is 24.0 Å². The molecule has 1 aromatic rings. The van der Waals surface area contributed by atoms with Gasteiger partial charge in [0.1, 0.15) is 0 Å². The van der Waals surface area contributed by atoms with Gasteiger partial charge in [-0.1, -0.05) is 18.2 Å². The summed E-state index contributed by atoms with van der Waals surface area (Å²) >= 11 is 6.10. The molecule has 2 nitrogen and oxygen atoms in total. The van der Waals surface area contributed by atoms with Crippen LogP contribution in [0.25, 0.3) is 0 Å². The Hall–Kier alpha value is -1.02. The Morgan fingerprint density at radius 3 is 2.76 bits per heavy atom. The molecular formula is C14H17ClO2. The topological polar surface area (TPSA) is 26.3 Å². The van der Waals surface area contributed by atoms with E-state index >= 15 is 0 Å². The smallest absolute Gasteiger partial charge is 0.328 e. The molecule has 1 unspecified atom stereocenters. The Bertz CT molecular complexity index is 415. The van der Waals surface area contributed by atoms with Gasteiger partial charge in [0.15, 0.2) is 5.38 Å². The second kappa shape index (κ2) is 5.54. The summed E-state index contributed by atoms with van der Waals surface area (Å²) in [6, 6.07) is 6.10. The molecule has 17 heavy (non-hydrogen) atoms. The van der Waals surface area contributed by atoms with Crippen LogP contribution in [0.3, 0.4) is 0 Å². The van der Waals surface area contributed by atoms with Crippen LogP contribution in [0.1, 0.15) is 41.8 Å². The van der Waals surface area contributed by atoms with Gasteiger partial charge in [-0.2, -0.15) is 0 Å². The highest BCUT2D eigenvalue weighted by molar-refractivity contribution is 6.29. The SMILES string of the molecule is CCOC(=O)C(Cl)c1ccc2c(c1)CCCC2. The van der Waals surface area contributed by atoms with E-state index < -0.39 is 5.38 Å². The van der Waals surface area contributed by atoms with Gasteiger partial charge in [-0.25, -0.2) is 0 Å². The average molecular weight is 253 g/mol. The van der Waals surface area contributed by atoms with E-state index in [2.05, 4.69) is 12.1 Å². The zero-order valence-corrected chi connectivity index (χ0v) is 10.8. The minimum atomic E-state index is -0.679. The highest BCUT2D eigenvalue weighted by Gasteiger charge is 2.20. The van der Waals surface area contributed by atoms with Crippen molar-refractivity contribution in [3.8, 4) is 0 Å². The maximum atomic E-state index is 11.6. The molecular weight excluding hydrogens is 236 g/mol. The van der Waals surface area contributed by atoms with Crippen molar-refractivity contribution in [3.05, 3.63) is 34.9 Å². The summed E-state index contributed by atoms with van der Waals surface area (Å²) in [7, 11) is 0. The fraction of sp³-hybridized carbons (Fsp3) is 0.500. The lowest BCUT2D eigenvalue weighted by molar-refractivity contribution is -0.142. The van der Waals surface area contributed by atoms with E-state index in [-0.39, 0.29) is 5.97 Å². The van der Waals surface area contributed by atoms with Crippen molar-refractivity contribution in [2.45, 2.75) is 38.0 Å². The Kier molecular flexibility index (Phi) is 4.06. The first-order chi connectivity index (χ1) is 8.22. The summed E-state index contributed by atoms with van der Waals surface area (Å²) in [5.74, 6) is -0.357. The number of carbonyl (C=O) groups is 1. The van der Waals surface area contributed by atoms with E-state index in [1.807, 2.05) is 6.07 Å². The molecule has 1 atom stereocenters. The molecule has 1 aliphatic carbocycles. The minimum Gasteiger partial charge on any atom is -0.465 e. The van der Waals surface area contributed by atoms with Crippen LogP contribution in [-0.4, -0.2) is 12.6 Å². The monoisotopic (exact) mass is 252 g/mol. The largest absolute Gasteiger partial charge is 0.465 e. The van der Waals surface area contributed by atoms with Gasteiger partial charge >= 0.3 is 5.97 Å². The van der Waals surface area contributed by atoms with Gasteiger partial charge in [-0.15, -0.1) is 11.6 Å². The number of aryl methyl sites for hydroxylation is 2. The van der Waals surface area contributed by atoms with Crippen molar-refractivity contribution in [2.24, 2.45) is 0 Å². The molecule has 0 radical (unpaired) electrons. The lowest BCUT2D eigenvalue weighted by atomic mass is 9.90. The van der Waals surface area contributed by atoms with Crippen LogP contribution < -0.4 is 0 Å². The molecule has 0 saturated heterocycles. The molecule has 3 heteroatoms. The average Bonchev–Trinajstić information content (AvgIpc) is 2.37. The zero-order valence-electron chi connectivity index (χ0n) is 10.0. The number of carbonyl (C=O) groups excluding carboxylic acids is 1. The van der Waals surface area contributed by atoms with E-state index in [9.17, 15) is 4.79 Å². The summed E-state index contributed by atoms with van der Waals surface area (Å²) in [5, 5.41) is -0.679. The van der Waals surface area contributed by atoms with Gasteiger partial charge in [0.25, 0.3) is 0 Å². The third-order valence-electron chi connectivity index (χ3n) is 3.16. The third kappa shape index (κ3) is 2.81. The van der Waals surface area contributed by atoms with Crippen molar-refractivity contribution in [2.75, 3.05) is 6.61 Å². The van der Waals surface area contributed by atoms with Crippen LogP contribution in [0.5, 0.6) is 0 Å². The molecule has 0 heterocycles. The molecule has 0 fully saturated rings. The Morgan fingerprint density at radius 2 is 2.06 bits per heavy atom. The minimum absolute atomic E-state index is 0.357. The fourth-order valence-corrected chi connectivity index (χ4v) is 2.46. The van der Waals surface area contributed by atoms with Gasteiger partial charge in [-0.05, 0) is 49.3 Å². The van der Waals surface area contributed by atoms with E-state index in [1.54, 1.807) is 6.92 Å². The molecule has 1 aromatic carbocycles. The highest BCUT2D eigenvalue weighted by Crippen LogP contribution is 2.28. The van der Waals surface area contributed by atoms with Crippen LogP contribution in [0.4, 0.5) is 0 Å². The van der Waals surface area contributed by atoms with E-state index in [0.29, 0.717) is 6.61 Å².